The normalized spacial score (nSPS) is 13.3. The van der Waals surface area contributed by atoms with Crippen LogP contribution in [0.5, 0.6) is 0 Å². The van der Waals surface area contributed by atoms with Crippen molar-refractivity contribution in [2.45, 2.75) is 104 Å². The van der Waals surface area contributed by atoms with Gasteiger partial charge in [0.25, 0.3) is 10.1 Å². The average Bonchev–Trinajstić information content (AvgIpc) is 2.84. The Balaban J connectivity index is -0.000000436. The zero-order valence-corrected chi connectivity index (χ0v) is 28.2. The van der Waals surface area contributed by atoms with E-state index >= 15 is 0 Å². The number of carboxylic acids is 1. The van der Waals surface area contributed by atoms with Crippen molar-refractivity contribution in [1.82, 2.24) is 0 Å². The summed E-state index contributed by atoms with van der Waals surface area (Å²) in [4.78, 5) is 44.4. The Labute approximate surface area is 266 Å². The van der Waals surface area contributed by atoms with Crippen molar-refractivity contribution in [3.05, 3.63) is 0 Å². The van der Waals surface area contributed by atoms with Crippen LogP contribution >= 0.6 is 0 Å². The number of carboxylic acid groups (broad SMARTS) is 1. The van der Waals surface area contributed by atoms with Gasteiger partial charge in [0.15, 0.2) is 5.25 Å². The fourth-order valence-electron chi connectivity index (χ4n) is 3.19. The van der Waals surface area contributed by atoms with Crippen LogP contribution < -0.4 is 29.6 Å². The average molecular weight is 645 g/mol. The van der Waals surface area contributed by atoms with Crippen LogP contribution in [0.4, 0.5) is 0 Å². The van der Waals surface area contributed by atoms with Crippen LogP contribution in [-0.4, -0.2) is 73.4 Å². The van der Waals surface area contributed by atoms with Crippen LogP contribution in [0.2, 0.25) is 0 Å². The third-order valence-corrected chi connectivity index (χ3v) is 7.22. The molecule has 0 spiro atoms. The number of aliphatic carboxylic acids is 1. The summed E-state index contributed by atoms with van der Waals surface area (Å²) in [6.45, 7) is 8.35. The monoisotopic (exact) mass is 644 g/mol. The first-order valence-electron chi connectivity index (χ1n) is 13.2. The summed E-state index contributed by atoms with van der Waals surface area (Å²) < 4.78 is 73.8. The van der Waals surface area contributed by atoms with E-state index in [1.165, 1.54) is 0 Å². The van der Waals surface area contributed by atoms with Crippen molar-refractivity contribution in [2.24, 2.45) is 11.8 Å². The molecule has 0 aromatic carbocycles. The largest absolute Gasteiger partial charge is 1.00 e. The van der Waals surface area contributed by atoms with Crippen LogP contribution in [0.3, 0.4) is 0 Å². The standard InChI is InChI=1S/C20H38O7S.C4H6O7S.Na.H/c1-5-9-11-16(7-3)14-26-19(21)13-18(28(23,24)25)20(22)27-15-17(8-4)12-10-6-2;5-3(6)1-2-4(7)11-12(8,9)10;;/h16-18H,5-15H2,1-4H3,(H,23,24,25);1-2H2,(H,5,6)(H,8,9,10);;/q;;+1;-1. The number of hydrogen-bond acceptors (Lipinski definition) is 11. The van der Waals surface area contributed by atoms with Gasteiger partial charge in [-0.25, -0.2) is 0 Å². The van der Waals surface area contributed by atoms with Gasteiger partial charge in [-0.05, 0) is 24.7 Å². The van der Waals surface area contributed by atoms with Crippen LogP contribution in [0.15, 0.2) is 0 Å². The SMILES string of the molecule is CCCCC(CC)COC(=O)CC(C(=O)OCC(CC)CCCC)S(=O)(=O)O.O=C(O)CCC(=O)OS(=O)(=O)O.[H-].[Na+]. The van der Waals surface area contributed by atoms with Crippen LogP contribution in [0.1, 0.15) is 99.8 Å². The second kappa shape index (κ2) is 24.2. The molecule has 0 aliphatic carbocycles. The molecular weight excluding hydrogens is 599 g/mol. The Bertz CT molecular complexity index is 989. The Morgan fingerprint density at radius 1 is 0.756 bits per heavy atom. The van der Waals surface area contributed by atoms with Gasteiger partial charge in [0.2, 0.25) is 0 Å². The molecule has 0 saturated carbocycles. The predicted molar refractivity (Wildman–Crippen MR) is 144 cm³/mol. The van der Waals surface area contributed by atoms with Gasteiger partial charge in [-0.15, -0.1) is 0 Å². The number of ether oxygens (including phenoxy) is 2. The number of hydrogen-bond donors (Lipinski definition) is 3. The Hall–Kier alpha value is -1.30. The van der Waals surface area contributed by atoms with Gasteiger partial charge in [-0.1, -0.05) is 66.2 Å². The molecule has 3 unspecified atom stereocenters. The van der Waals surface area contributed by atoms with Crippen molar-refractivity contribution in [1.29, 1.82) is 0 Å². The van der Waals surface area contributed by atoms with Gasteiger partial charge >= 0.3 is 63.8 Å². The minimum absolute atomic E-state index is 0. The third-order valence-electron chi connectivity index (χ3n) is 5.74. The molecule has 0 aliphatic rings. The molecule has 0 rings (SSSR count). The van der Waals surface area contributed by atoms with E-state index < -0.39 is 68.9 Å². The fraction of sp³-hybridized carbons (Fsp3) is 0.833. The number of esters is 2. The molecule has 0 aliphatic heterocycles. The minimum atomic E-state index is -4.81. The maximum absolute atomic E-state index is 12.2. The molecule has 238 valence electrons. The molecule has 41 heavy (non-hydrogen) atoms. The van der Waals surface area contributed by atoms with Gasteiger partial charge in [-0.3, -0.25) is 28.3 Å². The molecule has 3 N–H and O–H groups in total. The first-order valence-corrected chi connectivity index (χ1v) is 16.1. The number of rotatable bonds is 20. The van der Waals surface area contributed by atoms with E-state index in [9.17, 15) is 40.6 Å². The van der Waals surface area contributed by atoms with Crippen molar-refractivity contribution in [2.75, 3.05) is 13.2 Å². The summed E-state index contributed by atoms with van der Waals surface area (Å²) >= 11 is 0. The quantitative estimate of drug-likeness (QED) is 0.0930. The fourth-order valence-corrected chi connectivity index (χ4v) is 4.16. The molecular formula is C24H45NaO14S2. The van der Waals surface area contributed by atoms with Crippen molar-refractivity contribution in [3.8, 4) is 0 Å². The van der Waals surface area contributed by atoms with E-state index in [1.54, 1.807) is 0 Å². The Morgan fingerprint density at radius 3 is 1.59 bits per heavy atom. The van der Waals surface area contributed by atoms with E-state index in [2.05, 4.69) is 18.0 Å². The van der Waals surface area contributed by atoms with Gasteiger partial charge in [0.1, 0.15) is 0 Å². The Morgan fingerprint density at radius 2 is 1.22 bits per heavy atom. The first kappa shape index (κ1) is 44.1. The van der Waals surface area contributed by atoms with E-state index in [0.717, 1.165) is 51.4 Å². The van der Waals surface area contributed by atoms with Crippen LogP contribution in [0.25, 0.3) is 0 Å². The molecule has 0 fully saturated rings. The van der Waals surface area contributed by atoms with E-state index in [1.807, 2.05) is 13.8 Å². The van der Waals surface area contributed by atoms with Gasteiger partial charge < -0.3 is 20.2 Å². The van der Waals surface area contributed by atoms with Crippen molar-refractivity contribution >= 4 is 44.4 Å². The van der Waals surface area contributed by atoms with E-state index in [-0.39, 0.29) is 56.0 Å². The molecule has 3 atom stereocenters. The second-order valence-electron chi connectivity index (χ2n) is 9.13. The summed E-state index contributed by atoms with van der Waals surface area (Å²) in [6, 6.07) is 0. The molecule has 0 radical (unpaired) electrons. The number of carbonyl (C=O) groups is 4. The number of unbranched alkanes of at least 4 members (excludes halogenated alkanes) is 2. The summed E-state index contributed by atoms with van der Waals surface area (Å²) in [6.07, 6.45) is 5.59. The van der Waals surface area contributed by atoms with Crippen LogP contribution in [0, 0.1) is 11.8 Å². The van der Waals surface area contributed by atoms with Crippen molar-refractivity contribution in [3.63, 3.8) is 0 Å². The zero-order chi connectivity index (χ0) is 31.4. The molecule has 0 amide bonds. The minimum Gasteiger partial charge on any atom is -1.00 e. The van der Waals surface area contributed by atoms with Gasteiger partial charge in [0.05, 0.1) is 32.5 Å². The molecule has 0 aromatic heterocycles. The summed E-state index contributed by atoms with van der Waals surface area (Å²) in [5.41, 5.74) is 0. The molecule has 0 heterocycles. The number of carbonyl (C=O) groups excluding carboxylic acids is 3. The predicted octanol–water partition coefficient (Wildman–Crippen LogP) is 0.466. The van der Waals surface area contributed by atoms with E-state index in [0.29, 0.717) is 0 Å². The summed E-state index contributed by atoms with van der Waals surface area (Å²) in [5, 5.41) is 6.10. The zero-order valence-electron chi connectivity index (χ0n) is 25.6. The van der Waals surface area contributed by atoms with Crippen LogP contribution in [-0.2, 0) is 53.4 Å². The topological polar surface area (TPSA) is 225 Å². The maximum Gasteiger partial charge on any atom is 1.00 e. The first-order chi connectivity index (χ1) is 18.5. The molecule has 0 aromatic rings. The van der Waals surface area contributed by atoms with Gasteiger partial charge in [-0.2, -0.15) is 16.8 Å². The maximum atomic E-state index is 12.2. The molecule has 14 nitrogen and oxygen atoms in total. The molecule has 17 heteroatoms. The smallest absolute Gasteiger partial charge is 1.00 e. The second-order valence-corrected chi connectivity index (χ2v) is 11.8. The summed E-state index contributed by atoms with van der Waals surface area (Å²) in [5.74, 6) is -4.17. The summed E-state index contributed by atoms with van der Waals surface area (Å²) in [7, 11) is -9.58. The third kappa shape index (κ3) is 26.1. The van der Waals surface area contributed by atoms with Crippen molar-refractivity contribution < 1.29 is 94.9 Å². The molecule has 0 bridgehead atoms. The van der Waals surface area contributed by atoms with Gasteiger partial charge in [0, 0.05) is 0 Å². The van der Waals surface area contributed by atoms with E-state index in [4.69, 9.17) is 19.1 Å². The molecule has 0 saturated heterocycles. The Kier molecular flexibility index (Phi) is 26.0.